The van der Waals surface area contributed by atoms with Gasteiger partial charge in [-0.15, -0.1) is 23.2 Å². The van der Waals surface area contributed by atoms with Gasteiger partial charge in [-0.2, -0.15) is 0 Å². The van der Waals surface area contributed by atoms with E-state index in [1.54, 1.807) is 0 Å². The fraction of sp³-hybridized carbons (Fsp3) is 0.714. The molecule has 0 saturated heterocycles. The summed E-state index contributed by atoms with van der Waals surface area (Å²) < 4.78 is 0. The minimum atomic E-state index is 0.133. The molecule has 0 amide bonds. The van der Waals surface area contributed by atoms with Crippen LogP contribution in [0, 0.1) is 0 Å². The quantitative estimate of drug-likeness (QED) is 0.447. The first-order valence-corrected chi connectivity index (χ1v) is 4.04. The van der Waals surface area contributed by atoms with Crippen molar-refractivity contribution in [1.29, 1.82) is 0 Å². The van der Waals surface area contributed by atoms with E-state index in [1.807, 2.05) is 19.9 Å². The maximum atomic E-state index is 5.80. The summed E-state index contributed by atoms with van der Waals surface area (Å²) in [6.07, 6.45) is 2.93. The van der Waals surface area contributed by atoms with Crippen molar-refractivity contribution in [3.8, 4) is 0 Å². The van der Waals surface area contributed by atoms with Crippen molar-refractivity contribution in [2.24, 2.45) is 0 Å². The van der Waals surface area contributed by atoms with E-state index in [2.05, 4.69) is 0 Å². The molecule has 0 rings (SSSR count). The lowest BCUT2D eigenvalue weighted by atomic mass is 10.1. The Morgan fingerprint density at radius 2 is 2.22 bits per heavy atom. The second-order valence-corrected chi connectivity index (χ2v) is 2.95. The highest BCUT2D eigenvalue weighted by Crippen LogP contribution is 2.13. The van der Waals surface area contributed by atoms with Gasteiger partial charge in [0.1, 0.15) is 0 Å². The molecule has 0 N–H and O–H groups in total. The van der Waals surface area contributed by atoms with Gasteiger partial charge in [-0.25, -0.2) is 0 Å². The van der Waals surface area contributed by atoms with Crippen molar-refractivity contribution in [2.75, 3.05) is 5.88 Å². The fourth-order valence-corrected chi connectivity index (χ4v) is 1.14. The first-order valence-electron chi connectivity index (χ1n) is 3.07. The molecular weight excluding hydrogens is 155 g/mol. The molecule has 0 saturated carbocycles. The number of halogens is 2. The van der Waals surface area contributed by atoms with Crippen molar-refractivity contribution in [1.82, 2.24) is 0 Å². The van der Waals surface area contributed by atoms with Crippen LogP contribution in [0.2, 0.25) is 0 Å². The van der Waals surface area contributed by atoms with Crippen LogP contribution in [0.5, 0.6) is 0 Å². The minimum absolute atomic E-state index is 0.133. The molecule has 0 aliphatic rings. The second-order valence-electron chi connectivity index (χ2n) is 1.92. The van der Waals surface area contributed by atoms with Crippen molar-refractivity contribution in [2.45, 2.75) is 25.6 Å². The Kier molecular flexibility index (Phi) is 5.31. The largest absolute Gasteiger partial charge is 0.126 e. The highest BCUT2D eigenvalue weighted by atomic mass is 35.5. The summed E-state index contributed by atoms with van der Waals surface area (Å²) in [7, 11) is 0. The molecule has 54 valence electrons. The highest BCUT2D eigenvalue weighted by Gasteiger charge is 2.01. The number of rotatable bonds is 3. The Balaban J connectivity index is 3.70. The van der Waals surface area contributed by atoms with E-state index in [-0.39, 0.29) is 5.38 Å². The fourth-order valence-electron chi connectivity index (χ4n) is 0.682. The van der Waals surface area contributed by atoms with Gasteiger partial charge >= 0.3 is 0 Å². The van der Waals surface area contributed by atoms with E-state index in [1.165, 1.54) is 5.57 Å². The molecule has 0 aromatic carbocycles. The molecule has 0 aliphatic heterocycles. The molecule has 0 aromatic rings. The van der Waals surface area contributed by atoms with Crippen molar-refractivity contribution in [3.63, 3.8) is 0 Å². The smallest absolute Gasteiger partial charge is 0.0517 e. The molecule has 0 aliphatic carbocycles. The van der Waals surface area contributed by atoms with E-state index >= 15 is 0 Å². The number of hydrogen-bond donors (Lipinski definition) is 0. The summed E-state index contributed by atoms with van der Waals surface area (Å²) in [5.74, 6) is 0.663. The van der Waals surface area contributed by atoms with Crippen LogP contribution < -0.4 is 0 Å². The number of hydrogen-bond acceptors (Lipinski definition) is 0. The van der Waals surface area contributed by atoms with Crippen molar-refractivity contribution < 1.29 is 0 Å². The standard InChI is InChI=1S/C7H12Cl2/c1-3-7(4-5-8)6(2)9/h3,6H,4-5H2,1-2H3/b7-3-. The maximum Gasteiger partial charge on any atom is 0.0517 e. The van der Waals surface area contributed by atoms with E-state index < -0.39 is 0 Å². The molecule has 1 unspecified atom stereocenters. The topological polar surface area (TPSA) is 0 Å². The van der Waals surface area contributed by atoms with Gasteiger partial charge < -0.3 is 0 Å². The van der Waals surface area contributed by atoms with E-state index in [4.69, 9.17) is 23.2 Å². The monoisotopic (exact) mass is 166 g/mol. The average Bonchev–Trinajstić information content (AvgIpc) is 1.82. The molecular formula is C7H12Cl2. The van der Waals surface area contributed by atoms with Crippen LogP contribution in [0.15, 0.2) is 11.6 Å². The SMILES string of the molecule is C/C=C(/CCCl)C(C)Cl. The zero-order valence-electron chi connectivity index (χ0n) is 5.82. The van der Waals surface area contributed by atoms with Crippen LogP contribution in [-0.2, 0) is 0 Å². The average molecular weight is 167 g/mol. The van der Waals surface area contributed by atoms with E-state index in [0.29, 0.717) is 5.88 Å². The first-order chi connectivity index (χ1) is 4.22. The van der Waals surface area contributed by atoms with Gasteiger partial charge in [0.15, 0.2) is 0 Å². The Labute approximate surface area is 66.8 Å². The number of allylic oxidation sites excluding steroid dienone is 2. The van der Waals surface area contributed by atoms with Gasteiger partial charge in [0.05, 0.1) is 5.38 Å². The Morgan fingerprint density at radius 3 is 2.33 bits per heavy atom. The van der Waals surface area contributed by atoms with Gasteiger partial charge in [-0.3, -0.25) is 0 Å². The third-order valence-electron chi connectivity index (χ3n) is 1.26. The molecule has 1 atom stereocenters. The molecule has 0 radical (unpaired) electrons. The van der Waals surface area contributed by atoms with Crippen LogP contribution in [0.4, 0.5) is 0 Å². The van der Waals surface area contributed by atoms with Crippen molar-refractivity contribution in [3.05, 3.63) is 11.6 Å². The summed E-state index contributed by atoms with van der Waals surface area (Å²) in [5.41, 5.74) is 1.23. The molecule has 0 fully saturated rings. The Hall–Kier alpha value is 0.320. The lowest BCUT2D eigenvalue weighted by molar-refractivity contribution is 0.983. The van der Waals surface area contributed by atoms with Crippen LogP contribution >= 0.6 is 23.2 Å². The van der Waals surface area contributed by atoms with Crippen LogP contribution in [-0.4, -0.2) is 11.3 Å². The second kappa shape index (κ2) is 5.13. The first kappa shape index (κ1) is 9.32. The Bertz CT molecular complexity index is 95.1. The predicted molar refractivity (Wildman–Crippen MR) is 44.4 cm³/mol. The Morgan fingerprint density at radius 1 is 1.67 bits per heavy atom. The maximum absolute atomic E-state index is 5.80. The van der Waals surface area contributed by atoms with E-state index in [0.717, 1.165) is 6.42 Å². The van der Waals surface area contributed by atoms with Gasteiger partial charge in [-0.1, -0.05) is 11.6 Å². The summed E-state index contributed by atoms with van der Waals surface area (Å²) in [4.78, 5) is 0. The summed E-state index contributed by atoms with van der Waals surface area (Å²) in [5, 5.41) is 0.133. The molecule has 0 aromatic heterocycles. The van der Waals surface area contributed by atoms with Gasteiger partial charge in [0, 0.05) is 5.88 Å². The summed E-state index contributed by atoms with van der Waals surface area (Å²) >= 11 is 11.3. The lowest BCUT2D eigenvalue weighted by Crippen LogP contribution is -1.97. The van der Waals surface area contributed by atoms with Gasteiger partial charge in [0.2, 0.25) is 0 Å². The zero-order valence-corrected chi connectivity index (χ0v) is 7.34. The molecule has 9 heavy (non-hydrogen) atoms. The lowest BCUT2D eigenvalue weighted by Gasteiger charge is -2.05. The van der Waals surface area contributed by atoms with Crippen LogP contribution in [0.3, 0.4) is 0 Å². The van der Waals surface area contributed by atoms with Crippen LogP contribution in [0.1, 0.15) is 20.3 Å². The van der Waals surface area contributed by atoms with Crippen LogP contribution in [0.25, 0.3) is 0 Å². The molecule has 2 heteroatoms. The molecule has 0 heterocycles. The minimum Gasteiger partial charge on any atom is -0.126 e. The molecule has 0 spiro atoms. The predicted octanol–water partition coefficient (Wildman–Crippen LogP) is 3.19. The third kappa shape index (κ3) is 3.83. The molecule has 0 bridgehead atoms. The zero-order chi connectivity index (χ0) is 7.28. The van der Waals surface area contributed by atoms with Gasteiger partial charge in [-0.05, 0) is 20.3 Å². The van der Waals surface area contributed by atoms with E-state index in [9.17, 15) is 0 Å². The van der Waals surface area contributed by atoms with Gasteiger partial charge in [0.25, 0.3) is 0 Å². The third-order valence-corrected chi connectivity index (χ3v) is 1.73. The summed E-state index contributed by atoms with van der Waals surface area (Å²) in [6, 6.07) is 0. The van der Waals surface area contributed by atoms with Crippen molar-refractivity contribution >= 4 is 23.2 Å². The number of alkyl halides is 2. The molecule has 0 nitrogen and oxygen atoms in total. The normalized spacial score (nSPS) is 15.8. The summed E-state index contributed by atoms with van der Waals surface area (Å²) in [6.45, 7) is 3.95. The highest BCUT2D eigenvalue weighted by molar-refractivity contribution is 6.22.